The van der Waals surface area contributed by atoms with Gasteiger partial charge in [0, 0.05) is 11.6 Å². The van der Waals surface area contributed by atoms with Gasteiger partial charge in [-0.15, -0.1) is 0 Å². The molecule has 2 rings (SSSR count). The van der Waals surface area contributed by atoms with Crippen LogP contribution in [0.1, 0.15) is 0 Å². The number of aromatic nitrogens is 2. The molecule has 3 nitrogen and oxygen atoms in total. The van der Waals surface area contributed by atoms with Gasteiger partial charge < -0.3 is 5.11 Å². The molecule has 0 aliphatic carbocycles. The normalized spacial score (nSPS) is 10.4. The van der Waals surface area contributed by atoms with Crippen LogP contribution in [0.15, 0.2) is 24.5 Å². The lowest BCUT2D eigenvalue weighted by atomic mass is 10.2. The molecule has 1 N–H and O–H groups in total. The monoisotopic (exact) mass is 164 g/mol. The first kappa shape index (κ1) is 6.97. The van der Waals surface area contributed by atoms with Crippen molar-refractivity contribution in [3.05, 3.63) is 30.5 Å². The van der Waals surface area contributed by atoms with Crippen LogP contribution >= 0.6 is 0 Å². The molecular formula is C8H5FN2O. The number of fused-ring (bicyclic) bond motifs is 1. The fraction of sp³-hybridized carbons (Fsp3) is 0. The molecule has 0 fully saturated rings. The quantitative estimate of drug-likeness (QED) is 0.600. The van der Waals surface area contributed by atoms with Gasteiger partial charge in [0.25, 0.3) is 5.95 Å². The van der Waals surface area contributed by atoms with E-state index < -0.39 is 11.7 Å². The van der Waals surface area contributed by atoms with E-state index in [0.29, 0.717) is 10.9 Å². The van der Waals surface area contributed by atoms with E-state index >= 15 is 0 Å². The Morgan fingerprint density at radius 2 is 2.25 bits per heavy atom. The summed E-state index contributed by atoms with van der Waals surface area (Å²) in [5.74, 6) is -1.30. The number of nitrogens with zero attached hydrogens (tertiary/aromatic N) is 2. The van der Waals surface area contributed by atoms with Crippen molar-refractivity contribution >= 4 is 10.9 Å². The second-order valence-corrected chi connectivity index (χ2v) is 2.37. The van der Waals surface area contributed by atoms with E-state index in [9.17, 15) is 4.39 Å². The largest absolute Gasteiger partial charge is 0.504 e. The summed E-state index contributed by atoms with van der Waals surface area (Å²) in [7, 11) is 0. The third-order valence-electron chi connectivity index (χ3n) is 1.55. The lowest BCUT2D eigenvalue weighted by Crippen LogP contribution is -1.85. The highest BCUT2D eigenvalue weighted by Crippen LogP contribution is 2.18. The summed E-state index contributed by atoms with van der Waals surface area (Å²) in [6, 6.07) is 2.97. The Hall–Kier alpha value is -1.71. The number of aromatic hydroxyl groups is 1. The Balaban J connectivity index is 2.84. The second-order valence-electron chi connectivity index (χ2n) is 2.37. The van der Waals surface area contributed by atoms with Gasteiger partial charge >= 0.3 is 0 Å². The van der Waals surface area contributed by atoms with Crippen LogP contribution in [-0.4, -0.2) is 15.1 Å². The van der Waals surface area contributed by atoms with Crippen molar-refractivity contribution in [2.45, 2.75) is 0 Å². The summed E-state index contributed by atoms with van der Waals surface area (Å²) in [6.07, 6.45) is 3.00. The van der Waals surface area contributed by atoms with Crippen molar-refractivity contribution in [2.75, 3.05) is 0 Å². The van der Waals surface area contributed by atoms with Gasteiger partial charge in [-0.25, -0.2) is 4.98 Å². The maximum absolute atomic E-state index is 12.7. The van der Waals surface area contributed by atoms with Crippen molar-refractivity contribution < 1.29 is 9.50 Å². The van der Waals surface area contributed by atoms with Crippen molar-refractivity contribution in [3.63, 3.8) is 0 Å². The van der Waals surface area contributed by atoms with Crippen LogP contribution in [0.25, 0.3) is 10.9 Å². The predicted octanol–water partition coefficient (Wildman–Crippen LogP) is 1.47. The van der Waals surface area contributed by atoms with E-state index in [1.165, 1.54) is 12.3 Å². The molecule has 0 bridgehead atoms. The van der Waals surface area contributed by atoms with Gasteiger partial charge in [-0.2, -0.15) is 4.39 Å². The van der Waals surface area contributed by atoms with E-state index in [2.05, 4.69) is 9.97 Å². The van der Waals surface area contributed by atoms with Crippen LogP contribution in [0.5, 0.6) is 5.75 Å². The lowest BCUT2D eigenvalue weighted by Gasteiger charge is -1.97. The molecule has 0 unspecified atom stereocenters. The highest BCUT2D eigenvalue weighted by molar-refractivity contribution is 5.78. The molecule has 0 aliphatic rings. The van der Waals surface area contributed by atoms with Gasteiger partial charge in [-0.05, 0) is 12.1 Å². The number of hydrogen-bond acceptors (Lipinski definition) is 3. The van der Waals surface area contributed by atoms with Gasteiger partial charge in [0.15, 0.2) is 5.75 Å². The molecule has 0 amide bonds. The number of halogens is 1. The van der Waals surface area contributed by atoms with Gasteiger partial charge in [-0.1, -0.05) is 0 Å². The molecule has 0 saturated heterocycles. The zero-order valence-electron chi connectivity index (χ0n) is 6.03. The minimum atomic E-state index is -0.865. The topological polar surface area (TPSA) is 46.0 Å². The highest BCUT2D eigenvalue weighted by atomic mass is 19.1. The molecule has 0 aliphatic heterocycles. The minimum absolute atomic E-state index is 0.436. The summed E-state index contributed by atoms with van der Waals surface area (Å²) in [5, 5.41) is 9.63. The zero-order valence-corrected chi connectivity index (χ0v) is 6.03. The van der Waals surface area contributed by atoms with E-state index in [1.807, 2.05) is 0 Å². The van der Waals surface area contributed by atoms with Crippen LogP contribution in [-0.2, 0) is 0 Å². The first-order chi connectivity index (χ1) is 5.77. The molecule has 0 radical (unpaired) electrons. The summed E-state index contributed by atoms with van der Waals surface area (Å²) < 4.78 is 12.7. The Labute approximate surface area is 67.5 Å². The maximum atomic E-state index is 12.7. The van der Waals surface area contributed by atoms with Crippen molar-refractivity contribution in [1.82, 2.24) is 9.97 Å². The third kappa shape index (κ3) is 0.972. The Morgan fingerprint density at radius 3 is 3.08 bits per heavy atom. The van der Waals surface area contributed by atoms with E-state index in [0.717, 1.165) is 0 Å². The van der Waals surface area contributed by atoms with Crippen molar-refractivity contribution in [2.24, 2.45) is 0 Å². The molecular weight excluding hydrogens is 159 g/mol. The minimum Gasteiger partial charge on any atom is -0.504 e. The molecule has 12 heavy (non-hydrogen) atoms. The fourth-order valence-corrected chi connectivity index (χ4v) is 0.982. The Bertz CT molecular complexity index is 390. The Kier molecular flexibility index (Phi) is 1.40. The van der Waals surface area contributed by atoms with Crippen LogP contribution in [0.2, 0.25) is 0 Å². The molecule has 0 spiro atoms. The van der Waals surface area contributed by atoms with Crippen LogP contribution in [0.4, 0.5) is 4.39 Å². The maximum Gasteiger partial charge on any atom is 0.255 e. The number of hydrogen-bond donors (Lipinski definition) is 1. The molecule has 0 atom stereocenters. The molecule has 4 heteroatoms. The molecule has 2 heterocycles. The van der Waals surface area contributed by atoms with Crippen LogP contribution in [0.3, 0.4) is 0 Å². The van der Waals surface area contributed by atoms with Gasteiger partial charge in [0.1, 0.15) is 0 Å². The standard InChI is InChI=1S/C8H5FN2O/c9-8-7(12)3-5-1-2-10-4-6(5)11-8/h1-4,12H. The molecule has 2 aromatic rings. The van der Waals surface area contributed by atoms with Gasteiger partial charge in [-0.3, -0.25) is 4.98 Å². The second kappa shape index (κ2) is 2.41. The average molecular weight is 164 g/mol. The van der Waals surface area contributed by atoms with Crippen LogP contribution in [0, 0.1) is 5.95 Å². The molecule has 2 aromatic heterocycles. The van der Waals surface area contributed by atoms with E-state index in [-0.39, 0.29) is 0 Å². The fourth-order valence-electron chi connectivity index (χ4n) is 0.982. The first-order valence-electron chi connectivity index (χ1n) is 3.36. The predicted molar refractivity (Wildman–Crippen MR) is 41.2 cm³/mol. The highest BCUT2D eigenvalue weighted by Gasteiger charge is 2.03. The van der Waals surface area contributed by atoms with E-state index in [1.54, 1.807) is 12.3 Å². The smallest absolute Gasteiger partial charge is 0.255 e. The van der Waals surface area contributed by atoms with Gasteiger partial charge in [0.05, 0.1) is 11.7 Å². The molecule has 0 saturated carbocycles. The summed E-state index contributed by atoms with van der Waals surface area (Å²) in [6.45, 7) is 0. The first-order valence-corrected chi connectivity index (χ1v) is 3.36. The number of pyridine rings is 2. The Morgan fingerprint density at radius 1 is 1.42 bits per heavy atom. The summed E-state index contributed by atoms with van der Waals surface area (Å²) in [4.78, 5) is 7.27. The van der Waals surface area contributed by atoms with Crippen molar-refractivity contribution in [3.8, 4) is 5.75 Å². The zero-order chi connectivity index (χ0) is 8.55. The lowest BCUT2D eigenvalue weighted by molar-refractivity contribution is 0.421. The van der Waals surface area contributed by atoms with Gasteiger partial charge in [0.2, 0.25) is 0 Å². The summed E-state index contributed by atoms with van der Waals surface area (Å²) in [5.41, 5.74) is 0.438. The van der Waals surface area contributed by atoms with Crippen molar-refractivity contribution in [1.29, 1.82) is 0 Å². The SMILES string of the molecule is Oc1cc2ccncc2nc1F. The molecule has 0 aromatic carbocycles. The average Bonchev–Trinajstić information content (AvgIpc) is 2.07. The summed E-state index contributed by atoms with van der Waals surface area (Å²) >= 11 is 0. The molecule has 60 valence electrons. The van der Waals surface area contributed by atoms with E-state index in [4.69, 9.17) is 5.11 Å². The number of rotatable bonds is 0. The van der Waals surface area contributed by atoms with Crippen LogP contribution < -0.4 is 0 Å². The third-order valence-corrected chi connectivity index (χ3v) is 1.55.